The third kappa shape index (κ3) is 10.4. The van der Waals surface area contributed by atoms with Crippen LogP contribution < -0.4 is 9.47 Å². The van der Waals surface area contributed by atoms with Crippen molar-refractivity contribution in [3.05, 3.63) is 128 Å². The number of rotatable bonds is 9. The molecule has 12 heteroatoms. The Morgan fingerprint density at radius 1 is 0.509 bits per heavy atom. The van der Waals surface area contributed by atoms with Gasteiger partial charge in [0.2, 0.25) is 0 Å². The third-order valence-corrected chi connectivity index (χ3v) is 8.94. The molecule has 0 aliphatic heterocycles. The maximum Gasteiger partial charge on any atom is 0.573 e. The van der Waals surface area contributed by atoms with E-state index in [0.29, 0.717) is 70.2 Å². The SMILES string of the molecule is CCCCc1ccc(C2=Cc3cc(F)c(OC(F)(F)F)cc3CC2)c(F)c1.CCCc1ccc(C2=Cc3cc(F)c(OC(F)(F)F)cc3CC2)c(F)c1. The fourth-order valence-electron chi connectivity index (χ4n) is 6.43. The maximum absolute atomic E-state index is 14.5. The molecule has 0 fully saturated rings. The average Bonchev–Trinajstić information content (AvgIpc) is 3.07. The van der Waals surface area contributed by atoms with Crippen molar-refractivity contribution in [3.63, 3.8) is 0 Å². The first-order chi connectivity index (χ1) is 25.0. The van der Waals surface area contributed by atoms with Gasteiger partial charge in [0.05, 0.1) is 0 Å². The van der Waals surface area contributed by atoms with Gasteiger partial charge in [0.1, 0.15) is 11.6 Å². The van der Waals surface area contributed by atoms with Crippen molar-refractivity contribution in [2.45, 2.75) is 84.4 Å². The highest BCUT2D eigenvalue weighted by molar-refractivity contribution is 5.86. The smallest absolute Gasteiger partial charge is 0.403 e. The van der Waals surface area contributed by atoms with E-state index in [9.17, 15) is 43.9 Å². The van der Waals surface area contributed by atoms with Crippen LogP contribution in [0.5, 0.6) is 11.5 Å². The molecule has 0 amide bonds. The minimum Gasteiger partial charge on any atom is -0.403 e. The second-order valence-electron chi connectivity index (χ2n) is 12.9. The Morgan fingerprint density at radius 2 is 0.943 bits per heavy atom. The highest BCUT2D eigenvalue weighted by Gasteiger charge is 2.34. The Labute approximate surface area is 300 Å². The molecular weight excluding hydrogens is 714 g/mol. The summed E-state index contributed by atoms with van der Waals surface area (Å²) in [5.41, 5.74) is 6.07. The van der Waals surface area contributed by atoms with Gasteiger partial charge >= 0.3 is 12.7 Å². The number of alkyl halides is 6. The number of hydrogen-bond acceptors (Lipinski definition) is 2. The summed E-state index contributed by atoms with van der Waals surface area (Å²) in [5.74, 6) is -4.57. The first-order valence-electron chi connectivity index (χ1n) is 17.2. The lowest BCUT2D eigenvalue weighted by molar-refractivity contribution is -0.276. The van der Waals surface area contributed by atoms with Gasteiger partial charge in [-0.05, 0) is 126 Å². The van der Waals surface area contributed by atoms with E-state index in [-0.39, 0.29) is 11.6 Å². The largest absolute Gasteiger partial charge is 0.573 e. The molecule has 282 valence electrons. The minimum atomic E-state index is -4.95. The fraction of sp³-hybridized carbons (Fsp3) is 0.317. The third-order valence-electron chi connectivity index (χ3n) is 8.94. The van der Waals surface area contributed by atoms with Gasteiger partial charge < -0.3 is 9.47 Å². The van der Waals surface area contributed by atoms with E-state index in [2.05, 4.69) is 16.4 Å². The van der Waals surface area contributed by atoms with Gasteiger partial charge in [-0.2, -0.15) is 0 Å². The van der Waals surface area contributed by atoms with Gasteiger partial charge in [-0.1, -0.05) is 63.1 Å². The first kappa shape index (κ1) is 39.5. The summed E-state index contributed by atoms with van der Waals surface area (Å²) in [5, 5.41) is 0. The van der Waals surface area contributed by atoms with Crippen LogP contribution >= 0.6 is 0 Å². The molecule has 6 rings (SSSR count). The van der Waals surface area contributed by atoms with Crippen LogP contribution in [-0.4, -0.2) is 12.7 Å². The number of hydrogen-bond donors (Lipinski definition) is 0. The van der Waals surface area contributed by atoms with E-state index in [1.54, 1.807) is 24.3 Å². The lowest BCUT2D eigenvalue weighted by Gasteiger charge is -2.19. The van der Waals surface area contributed by atoms with Gasteiger partial charge in [-0.3, -0.25) is 0 Å². The van der Waals surface area contributed by atoms with Gasteiger partial charge in [-0.25, -0.2) is 17.6 Å². The van der Waals surface area contributed by atoms with Crippen molar-refractivity contribution >= 4 is 23.3 Å². The van der Waals surface area contributed by atoms with Crippen LogP contribution in [0.1, 0.15) is 90.5 Å². The lowest BCUT2D eigenvalue weighted by Crippen LogP contribution is -2.18. The second kappa shape index (κ2) is 16.5. The zero-order chi connectivity index (χ0) is 38.5. The van der Waals surface area contributed by atoms with Gasteiger partial charge in [-0.15, -0.1) is 26.3 Å². The van der Waals surface area contributed by atoms with Crippen molar-refractivity contribution in [1.29, 1.82) is 0 Å². The molecule has 0 radical (unpaired) electrons. The molecule has 0 N–H and O–H groups in total. The summed E-state index contributed by atoms with van der Waals surface area (Å²) in [7, 11) is 0. The molecule has 0 saturated heterocycles. The predicted molar refractivity (Wildman–Crippen MR) is 184 cm³/mol. The molecule has 2 nitrogen and oxygen atoms in total. The summed E-state index contributed by atoms with van der Waals surface area (Å²) in [6.07, 6.45) is -0.469. The number of fused-ring (bicyclic) bond motifs is 2. The van der Waals surface area contributed by atoms with E-state index in [1.807, 2.05) is 19.1 Å². The van der Waals surface area contributed by atoms with Crippen LogP contribution in [0.25, 0.3) is 23.3 Å². The number of benzene rings is 4. The van der Waals surface area contributed by atoms with Crippen LogP contribution in [0.3, 0.4) is 0 Å². The normalized spacial score (nSPS) is 14.0. The molecule has 0 saturated carbocycles. The highest BCUT2D eigenvalue weighted by atomic mass is 19.4. The van der Waals surface area contributed by atoms with Crippen LogP contribution in [0.4, 0.5) is 43.9 Å². The topological polar surface area (TPSA) is 18.5 Å². The summed E-state index contributed by atoms with van der Waals surface area (Å²) >= 11 is 0. The number of aryl methyl sites for hydroxylation is 4. The van der Waals surface area contributed by atoms with Crippen molar-refractivity contribution < 1.29 is 53.4 Å². The van der Waals surface area contributed by atoms with Crippen LogP contribution in [0.2, 0.25) is 0 Å². The fourth-order valence-corrected chi connectivity index (χ4v) is 6.43. The van der Waals surface area contributed by atoms with Gasteiger partial charge in [0, 0.05) is 11.1 Å². The van der Waals surface area contributed by atoms with Crippen molar-refractivity contribution in [2.75, 3.05) is 0 Å². The molecular formula is C41H36F10O2. The molecule has 2 aliphatic rings. The Bertz CT molecular complexity index is 2010. The molecule has 2 aliphatic carbocycles. The van der Waals surface area contributed by atoms with Crippen molar-refractivity contribution in [3.8, 4) is 11.5 Å². The second-order valence-corrected chi connectivity index (χ2v) is 12.9. The Morgan fingerprint density at radius 3 is 1.32 bits per heavy atom. The summed E-state index contributed by atoms with van der Waals surface area (Å²) in [6.45, 7) is 4.08. The van der Waals surface area contributed by atoms with E-state index in [1.165, 1.54) is 12.1 Å². The Balaban J connectivity index is 0.000000204. The number of unbranched alkanes of at least 4 members (excludes halogenated alkanes) is 1. The van der Waals surface area contributed by atoms with Crippen LogP contribution in [0, 0.1) is 23.3 Å². The number of ether oxygens (including phenoxy) is 2. The average molecular weight is 751 g/mol. The standard InChI is InChI=1S/C21H19F5O.C20H17F5O/c1-2-3-4-13-5-8-17(18(22)9-13)15-7-6-14-12-20(27-21(24,25)26)19(23)11-16(14)10-15;1-2-3-12-4-7-16(17(21)8-12)14-6-5-13-11-19(26-20(23,24)25)18(22)10-15(13)9-14/h5,8-12H,2-4,6-7H2,1H3;4,7-11H,2-3,5-6H2,1H3. The molecule has 0 spiro atoms. The summed E-state index contributed by atoms with van der Waals surface area (Å²) < 4.78 is 138. The maximum atomic E-state index is 14.5. The lowest BCUT2D eigenvalue weighted by atomic mass is 9.88. The van der Waals surface area contributed by atoms with Crippen molar-refractivity contribution in [2.24, 2.45) is 0 Å². The molecule has 0 aromatic heterocycles. The molecule has 0 atom stereocenters. The first-order valence-corrected chi connectivity index (χ1v) is 17.2. The highest BCUT2D eigenvalue weighted by Crippen LogP contribution is 2.38. The summed E-state index contributed by atoms with van der Waals surface area (Å²) in [6, 6.07) is 14.3. The molecule has 0 heterocycles. The molecule has 0 bridgehead atoms. The zero-order valence-electron chi connectivity index (χ0n) is 28.9. The molecule has 53 heavy (non-hydrogen) atoms. The zero-order valence-corrected chi connectivity index (χ0v) is 28.9. The predicted octanol–water partition coefficient (Wildman–Crippen LogP) is 13.0. The van der Waals surface area contributed by atoms with Crippen LogP contribution in [-0.2, 0) is 25.7 Å². The van der Waals surface area contributed by atoms with Crippen molar-refractivity contribution in [1.82, 2.24) is 0 Å². The molecule has 4 aromatic rings. The quantitative estimate of drug-likeness (QED) is 0.159. The molecule has 4 aromatic carbocycles. The number of halogens is 10. The Kier molecular flexibility index (Phi) is 12.3. The van der Waals surface area contributed by atoms with E-state index < -0.39 is 35.9 Å². The molecule has 0 unspecified atom stereocenters. The van der Waals surface area contributed by atoms with E-state index >= 15 is 0 Å². The number of allylic oxidation sites excluding steroid dienone is 2. The van der Waals surface area contributed by atoms with Gasteiger partial charge in [0.15, 0.2) is 23.1 Å². The summed E-state index contributed by atoms with van der Waals surface area (Å²) in [4.78, 5) is 0. The van der Waals surface area contributed by atoms with Crippen LogP contribution in [0.15, 0.2) is 60.7 Å². The van der Waals surface area contributed by atoms with Gasteiger partial charge in [0.25, 0.3) is 0 Å². The Hall–Kier alpha value is -4.74. The minimum absolute atomic E-state index is 0.337. The monoisotopic (exact) mass is 750 g/mol. The van der Waals surface area contributed by atoms with E-state index in [4.69, 9.17) is 0 Å². The van der Waals surface area contributed by atoms with E-state index in [0.717, 1.165) is 67.5 Å².